The summed E-state index contributed by atoms with van der Waals surface area (Å²) in [7, 11) is 1.75. The van der Waals surface area contributed by atoms with Gasteiger partial charge in [-0.2, -0.15) is 0 Å². The van der Waals surface area contributed by atoms with Gasteiger partial charge in [-0.25, -0.2) is 4.79 Å². The first-order valence-electron chi connectivity index (χ1n) is 6.88. The van der Waals surface area contributed by atoms with Crippen LogP contribution in [0.4, 0.5) is 4.79 Å². The highest BCUT2D eigenvalue weighted by atomic mass is 16.3. The van der Waals surface area contributed by atoms with Crippen molar-refractivity contribution >= 4 is 11.9 Å². The lowest BCUT2D eigenvalue weighted by Gasteiger charge is -2.17. The molecule has 6 nitrogen and oxygen atoms in total. The second-order valence-corrected chi connectivity index (χ2v) is 5.08. The summed E-state index contributed by atoms with van der Waals surface area (Å²) in [5.74, 6) is 0.738. The molecule has 0 aliphatic heterocycles. The van der Waals surface area contributed by atoms with Crippen LogP contribution in [0.3, 0.4) is 0 Å². The number of primary amides is 1. The van der Waals surface area contributed by atoms with Gasteiger partial charge in [0.2, 0.25) is 0 Å². The van der Waals surface area contributed by atoms with E-state index in [4.69, 9.17) is 10.2 Å². The van der Waals surface area contributed by atoms with Crippen molar-refractivity contribution in [2.75, 3.05) is 7.05 Å². The predicted molar refractivity (Wildman–Crippen MR) is 82.1 cm³/mol. The van der Waals surface area contributed by atoms with Crippen LogP contribution in [0.5, 0.6) is 0 Å². The topological polar surface area (TPSA) is 88.6 Å². The minimum absolute atomic E-state index is 0.0741. The molecule has 6 heteroatoms. The Morgan fingerprint density at radius 3 is 2.45 bits per heavy atom. The number of benzene rings is 1. The van der Waals surface area contributed by atoms with Crippen LogP contribution in [0.25, 0.3) is 0 Å². The van der Waals surface area contributed by atoms with Crippen LogP contribution in [0.1, 0.15) is 27.2 Å². The number of aryl methyl sites for hydroxylation is 1. The van der Waals surface area contributed by atoms with E-state index in [1.54, 1.807) is 42.5 Å². The molecule has 0 unspecified atom stereocenters. The molecule has 3 N–H and O–H groups in total. The number of hydrogen-bond donors (Lipinski definition) is 2. The molecule has 0 spiro atoms. The molecule has 0 aliphatic rings. The lowest BCUT2D eigenvalue weighted by atomic mass is 10.1. The summed E-state index contributed by atoms with van der Waals surface area (Å²) in [6.45, 7) is 2.70. The van der Waals surface area contributed by atoms with Gasteiger partial charge in [-0.3, -0.25) is 4.79 Å². The third kappa shape index (κ3) is 3.88. The summed E-state index contributed by atoms with van der Waals surface area (Å²) in [5.41, 5.74) is 7.47. The molecule has 1 aromatic heterocycles. The molecule has 0 saturated carbocycles. The molecule has 1 heterocycles. The quantitative estimate of drug-likeness (QED) is 0.885. The van der Waals surface area contributed by atoms with Crippen LogP contribution in [0.15, 0.2) is 41.0 Å². The van der Waals surface area contributed by atoms with E-state index in [0.29, 0.717) is 18.7 Å². The van der Waals surface area contributed by atoms with E-state index in [9.17, 15) is 9.59 Å². The number of nitrogens with zero attached hydrogens (tertiary/aromatic N) is 1. The maximum atomic E-state index is 12.4. The average molecular weight is 301 g/mol. The maximum Gasteiger partial charge on any atom is 0.312 e. The highest BCUT2D eigenvalue weighted by molar-refractivity contribution is 5.94. The first-order valence-corrected chi connectivity index (χ1v) is 6.88. The van der Waals surface area contributed by atoms with Gasteiger partial charge < -0.3 is 20.4 Å². The van der Waals surface area contributed by atoms with Gasteiger partial charge in [-0.15, -0.1) is 0 Å². The standard InChI is InChI=1S/C16H19N3O3/c1-11-14(7-8-22-11)10-19(2)15(20)13-5-3-12(4-6-13)9-18-16(17)21/h3-8H,9-10H2,1-2H3,(H3,17,18,21). The van der Waals surface area contributed by atoms with Crippen LogP contribution >= 0.6 is 0 Å². The fourth-order valence-electron chi connectivity index (χ4n) is 2.08. The molecule has 0 aliphatic carbocycles. The van der Waals surface area contributed by atoms with Crippen molar-refractivity contribution in [1.29, 1.82) is 0 Å². The lowest BCUT2D eigenvalue weighted by Crippen LogP contribution is -2.28. The average Bonchev–Trinajstić information content (AvgIpc) is 2.90. The second-order valence-electron chi connectivity index (χ2n) is 5.08. The Labute approximate surface area is 128 Å². The molecular weight excluding hydrogens is 282 g/mol. The fourth-order valence-corrected chi connectivity index (χ4v) is 2.08. The van der Waals surface area contributed by atoms with Crippen LogP contribution in [0, 0.1) is 6.92 Å². The highest BCUT2D eigenvalue weighted by Crippen LogP contribution is 2.13. The van der Waals surface area contributed by atoms with Crippen molar-refractivity contribution in [1.82, 2.24) is 10.2 Å². The van der Waals surface area contributed by atoms with Crippen LogP contribution in [0.2, 0.25) is 0 Å². The summed E-state index contributed by atoms with van der Waals surface area (Å²) < 4.78 is 5.23. The number of carbonyl (C=O) groups excluding carboxylic acids is 2. The first-order chi connectivity index (χ1) is 10.5. The lowest BCUT2D eigenvalue weighted by molar-refractivity contribution is 0.0784. The van der Waals surface area contributed by atoms with E-state index in [1.165, 1.54) is 0 Å². The molecule has 2 aromatic rings. The molecule has 2 rings (SSSR count). The first kappa shape index (κ1) is 15.6. The molecule has 116 valence electrons. The summed E-state index contributed by atoms with van der Waals surface area (Å²) in [6, 6.07) is 8.34. The summed E-state index contributed by atoms with van der Waals surface area (Å²) >= 11 is 0. The van der Waals surface area contributed by atoms with E-state index >= 15 is 0 Å². The molecule has 0 fully saturated rings. The largest absolute Gasteiger partial charge is 0.469 e. The summed E-state index contributed by atoms with van der Waals surface area (Å²) in [4.78, 5) is 24.7. The van der Waals surface area contributed by atoms with E-state index in [-0.39, 0.29) is 5.91 Å². The van der Waals surface area contributed by atoms with Crippen molar-refractivity contribution in [3.05, 3.63) is 59.0 Å². The van der Waals surface area contributed by atoms with Gasteiger partial charge >= 0.3 is 6.03 Å². The second kappa shape index (κ2) is 6.80. The van der Waals surface area contributed by atoms with Crippen molar-refractivity contribution in [2.24, 2.45) is 5.73 Å². The monoisotopic (exact) mass is 301 g/mol. The van der Waals surface area contributed by atoms with E-state index < -0.39 is 6.03 Å². The van der Waals surface area contributed by atoms with Gasteiger partial charge in [-0.1, -0.05) is 12.1 Å². The molecule has 0 atom stereocenters. The molecule has 0 radical (unpaired) electrons. The predicted octanol–water partition coefficient (Wildman–Crippen LogP) is 2.03. The van der Waals surface area contributed by atoms with Crippen LogP contribution in [-0.2, 0) is 13.1 Å². The normalized spacial score (nSPS) is 10.3. The van der Waals surface area contributed by atoms with E-state index in [0.717, 1.165) is 16.9 Å². The number of nitrogens with two attached hydrogens (primary N) is 1. The molecular formula is C16H19N3O3. The minimum Gasteiger partial charge on any atom is -0.469 e. The van der Waals surface area contributed by atoms with Gasteiger partial charge in [0.15, 0.2) is 0 Å². The van der Waals surface area contributed by atoms with Gasteiger partial charge in [0.25, 0.3) is 5.91 Å². The van der Waals surface area contributed by atoms with E-state index in [2.05, 4.69) is 5.32 Å². The summed E-state index contributed by atoms with van der Waals surface area (Å²) in [6.07, 6.45) is 1.61. The number of urea groups is 1. The third-order valence-electron chi connectivity index (χ3n) is 3.39. The Balaban J connectivity index is 1.99. The SMILES string of the molecule is Cc1occc1CN(C)C(=O)c1ccc(CNC(N)=O)cc1. The Morgan fingerprint density at radius 1 is 1.23 bits per heavy atom. The molecule has 0 saturated heterocycles. The van der Waals surface area contributed by atoms with Gasteiger partial charge in [0.1, 0.15) is 5.76 Å². The van der Waals surface area contributed by atoms with Gasteiger partial charge in [-0.05, 0) is 30.7 Å². The fraction of sp³-hybridized carbons (Fsp3) is 0.250. The molecule has 22 heavy (non-hydrogen) atoms. The minimum atomic E-state index is -0.574. The Bertz CT molecular complexity index is 662. The van der Waals surface area contributed by atoms with Gasteiger partial charge in [0.05, 0.1) is 6.26 Å². The highest BCUT2D eigenvalue weighted by Gasteiger charge is 2.13. The molecule has 3 amide bonds. The number of furan rings is 1. The zero-order valence-corrected chi connectivity index (χ0v) is 12.6. The van der Waals surface area contributed by atoms with Crippen molar-refractivity contribution in [2.45, 2.75) is 20.0 Å². The third-order valence-corrected chi connectivity index (χ3v) is 3.39. The van der Waals surface area contributed by atoms with Crippen molar-refractivity contribution in [3.8, 4) is 0 Å². The summed E-state index contributed by atoms with van der Waals surface area (Å²) in [5, 5.41) is 2.50. The zero-order valence-electron chi connectivity index (χ0n) is 12.6. The van der Waals surface area contributed by atoms with Gasteiger partial charge in [0, 0.05) is 31.3 Å². The Morgan fingerprint density at radius 2 is 1.91 bits per heavy atom. The van der Waals surface area contributed by atoms with Crippen molar-refractivity contribution < 1.29 is 14.0 Å². The number of nitrogens with one attached hydrogen (secondary N) is 1. The zero-order chi connectivity index (χ0) is 16.1. The Hall–Kier alpha value is -2.76. The number of hydrogen-bond acceptors (Lipinski definition) is 3. The smallest absolute Gasteiger partial charge is 0.312 e. The van der Waals surface area contributed by atoms with E-state index in [1.807, 2.05) is 13.0 Å². The molecule has 0 bridgehead atoms. The number of rotatable bonds is 5. The number of amides is 3. The number of carbonyl (C=O) groups is 2. The van der Waals surface area contributed by atoms with Crippen LogP contribution in [-0.4, -0.2) is 23.9 Å². The molecule has 1 aromatic carbocycles. The van der Waals surface area contributed by atoms with Crippen molar-refractivity contribution in [3.63, 3.8) is 0 Å². The van der Waals surface area contributed by atoms with Crippen LogP contribution < -0.4 is 11.1 Å². The maximum absolute atomic E-state index is 12.4. The Kier molecular flexibility index (Phi) is 4.83.